The summed E-state index contributed by atoms with van der Waals surface area (Å²) >= 11 is 3.54. The second kappa shape index (κ2) is 5.32. The molecule has 1 aliphatic rings. The van der Waals surface area contributed by atoms with Crippen LogP contribution in [-0.2, 0) is 6.42 Å². The average Bonchev–Trinajstić information content (AvgIpc) is 2.30. The molecule has 1 aromatic rings. The Labute approximate surface area is 125 Å². The number of allylic oxidation sites excluding steroid dienone is 1. The number of anilines is 1. The zero-order valence-corrected chi connectivity index (χ0v) is 13.8. The van der Waals surface area contributed by atoms with E-state index in [0.29, 0.717) is 11.3 Å². The number of hydrogen-bond donors (Lipinski definition) is 1. The summed E-state index contributed by atoms with van der Waals surface area (Å²) in [6.45, 7) is 11.2. The van der Waals surface area contributed by atoms with Gasteiger partial charge in [-0.25, -0.2) is 0 Å². The summed E-state index contributed by atoms with van der Waals surface area (Å²) in [4.78, 5) is 0. The highest BCUT2D eigenvalue weighted by atomic mass is 79.9. The van der Waals surface area contributed by atoms with E-state index in [1.807, 2.05) is 6.07 Å². The molecule has 0 aromatic heterocycles. The van der Waals surface area contributed by atoms with E-state index >= 15 is 0 Å². The fraction of sp³-hybridized carbons (Fsp3) is 0.529. The largest absolute Gasteiger partial charge is 0.398 e. The van der Waals surface area contributed by atoms with Crippen molar-refractivity contribution in [3.63, 3.8) is 0 Å². The quantitative estimate of drug-likeness (QED) is 0.583. The molecule has 0 spiro atoms. The van der Waals surface area contributed by atoms with Crippen LogP contribution in [0.1, 0.15) is 44.2 Å². The molecule has 1 nitrogen and oxygen atoms in total. The molecular weight excluding hydrogens is 298 g/mol. The molecule has 1 saturated carbocycles. The number of rotatable bonds is 2. The lowest BCUT2D eigenvalue weighted by atomic mass is 9.64. The molecule has 2 rings (SSSR count). The van der Waals surface area contributed by atoms with Gasteiger partial charge in [0.05, 0.1) is 0 Å². The second-order valence-electron chi connectivity index (χ2n) is 6.56. The minimum Gasteiger partial charge on any atom is -0.398 e. The average molecular weight is 322 g/mol. The fourth-order valence-corrected chi connectivity index (χ4v) is 3.61. The molecule has 0 saturated heterocycles. The van der Waals surface area contributed by atoms with Crippen LogP contribution in [0.5, 0.6) is 0 Å². The van der Waals surface area contributed by atoms with Gasteiger partial charge >= 0.3 is 0 Å². The lowest BCUT2D eigenvalue weighted by molar-refractivity contribution is 0.189. The first-order chi connectivity index (χ1) is 8.81. The van der Waals surface area contributed by atoms with Crippen molar-refractivity contribution in [2.45, 2.75) is 46.5 Å². The van der Waals surface area contributed by atoms with Crippen LogP contribution in [0.2, 0.25) is 0 Å². The fourth-order valence-electron chi connectivity index (χ4n) is 3.25. The third kappa shape index (κ3) is 3.05. The Balaban J connectivity index is 2.29. The van der Waals surface area contributed by atoms with Gasteiger partial charge < -0.3 is 5.73 Å². The summed E-state index contributed by atoms with van der Waals surface area (Å²) in [6.07, 6.45) is 4.75. The van der Waals surface area contributed by atoms with Crippen molar-refractivity contribution in [2.75, 3.05) is 5.73 Å². The van der Waals surface area contributed by atoms with E-state index in [-0.39, 0.29) is 0 Å². The van der Waals surface area contributed by atoms with E-state index in [9.17, 15) is 0 Å². The van der Waals surface area contributed by atoms with Crippen molar-refractivity contribution < 1.29 is 0 Å². The number of nitrogen functional groups attached to an aromatic ring is 1. The molecule has 1 aliphatic carbocycles. The Morgan fingerprint density at radius 1 is 1.42 bits per heavy atom. The number of benzene rings is 1. The third-order valence-electron chi connectivity index (χ3n) is 4.60. The van der Waals surface area contributed by atoms with Crippen LogP contribution in [0, 0.1) is 18.3 Å². The van der Waals surface area contributed by atoms with Crippen molar-refractivity contribution in [2.24, 2.45) is 11.3 Å². The Bertz CT molecular complexity index is 502. The van der Waals surface area contributed by atoms with Gasteiger partial charge in [-0.15, -0.1) is 0 Å². The van der Waals surface area contributed by atoms with Crippen molar-refractivity contribution in [3.8, 4) is 0 Å². The maximum Gasteiger partial charge on any atom is 0.0358 e. The molecule has 0 aliphatic heterocycles. The molecule has 0 bridgehead atoms. The number of aryl methyl sites for hydroxylation is 1. The van der Waals surface area contributed by atoms with Crippen LogP contribution in [0.3, 0.4) is 0 Å². The molecule has 1 atom stereocenters. The molecule has 0 radical (unpaired) electrons. The molecule has 1 fully saturated rings. The zero-order valence-electron chi connectivity index (χ0n) is 12.2. The van der Waals surface area contributed by atoms with Gasteiger partial charge in [0.25, 0.3) is 0 Å². The Morgan fingerprint density at radius 2 is 2.11 bits per heavy atom. The molecule has 2 heteroatoms. The van der Waals surface area contributed by atoms with Crippen LogP contribution in [0.15, 0.2) is 28.8 Å². The molecule has 1 aromatic carbocycles. The summed E-state index contributed by atoms with van der Waals surface area (Å²) in [7, 11) is 0. The number of hydrogen-bond acceptors (Lipinski definition) is 1. The highest BCUT2D eigenvalue weighted by molar-refractivity contribution is 9.10. The van der Waals surface area contributed by atoms with Gasteiger partial charge in [-0.05, 0) is 61.1 Å². The van der Waals surface area contributed by atoms with E-state index < -0.39 is 0 Å². The lowest BCUT2D eigenvalue weighted by Crippen LogP contribution is -2.31. The van der Waals surface area contributed by atoms with Crippen molar-refractivity contribution in [3.05, 3.63) is 39.9 Å². The summed E-state index contributed by atoms with van der Waals surface area (Å²) in [5.74, 6) is 0.545. The summed E-state index contributed by atoms with van der Waals surface area (Å²) in [6, 6.07) is 4.25. The van der Waals surface area contributed by atoms with E-state index in [2.05, 4.69) is 49.3 Å². The SMILES string of the molecule is C=C1CCCC(C)(C)C1Cc1cc(C)c(Br)cc1N. The van der Waals surface area contributed by atoms with Gasteiger partial charge in [0.15, 0.2) is 0 Å². The predicted octanol–water partition coefficient (Wildman–Crippen LogP) is 5.26. The van der Waals surface area contributed by atoms with Crippen molar-refractivity contribution in [1.29, 1.82) is 0 Å². The minimum absolute atomic E-state index is 0.336. The molecule has 104 valence electrons. The third-order valence-corrected chi connectivity index (χ3v) is 5.45. The van der Waals surface area contributed by atoms with Gasteiger partial charge in [0, 0.05) is 10.2 Å². The van der Waals surface area contributed by atoms with E-state index in [1.165, 1.54) is 36.0 Å². The maximum absolute atomic E-state index is 6.18. The van der Waals surface area contributed by atoms with Crippen LogP contribution in [0.4, 0.5) is 5.69 Å². The Hall–Kier alpha value is -0.760. The second-order valence-corrected chi connectivity index (χ2v) is 7.41. The Kier molecular flexibility index (Phi) is 4.10. The van der Waals surface area contributed by atoms with Gasteiger partial charge in [0.2, 0.25) is 0 Å². The smallest absolute Gasteiger partial charge is 0.0358 e. The highest BCUT2D eigenvalue weighted by Gasteiger charge is 2.34. The van der Waals surface area contributed by atoms with Crippen LogP contribution >= 0.6 is 15.9 Å². The zero-order chi connectivity index (χ0) is 14.2. The molecule has 19 heavy (non-hydrogen) atoms. The summed E-state index contributed by atoms with van der Waals surface area (Å²) < 4.78 is 1.09. The standard InChI is InChI=1S/C17H24BrN/c1-11-6-5-7-17(3,4)14(11)9-13-8-12(2)15(18)10-16(13)19/h8,10,14H,1,5-7,9,19H2,2-4H3. The van der Waals surface area contributed by atoms with Gasteiger partial charge in [-0.1, -0.05) is 48.0 Å². The van der Waals surface area contributed by atoms with E-state index in [1.54, 1.807) is 0 Å². The number of halogens is 1. The molecule has 0 heterocycles. The first-order valence-electron chi connectivity index (χ1n) is 7.03. The summed E-state index contributed by atoms with van der Waals surface area (Å²) in [5, 5.41) is 0. The normalized spacial score (nSPS) is 22.5. The highest BCUT2D eigenvalue weighted by Crippen LogP contribution is 2.45. The molecule has 0 amide bonds. The number of nitrogens with two attached hydrogens (primary N) is 1. The Morgan fingerprint density at radius 3 is 2.74 bits per heavy atom. The first-order valence-corrected chi connectivity index (χ1v) is 7.83. The van der Waals surface area contributed by atoms with Crippen LogP contribution in [-0.4, -0.2) is 0 Å². The van der Waals surface area contributed by atoms with Gasteiger partial charge in [0.1, 0.15) is 0 Å². The molecule has 2 N–H and O–H groups in total. The van der Waals surface area contributed by atoms with Crippen molar-refractivity contribution in [1.82, 2.24) is 0 Å². The minimum atomic E-state index is 0.336. The van der Waals surface area contributed by atoms with Crippen molar-refractivity contribution >= 4 is 21.6 Å². The van der Waals surface area contributed by atoms with Gasteiger partial charge in [-0.2, -0.15) is 0 Å². The first kappa shape index (κ1) is 14.6. The van der Waals surface area contributed by atoms with Gasteiger partial charge in [-0.3, -0.25) is 0 Å². The predicted molar refractivity (Wildman–Crippen MR) is 87.3 cm³/mol. The van der Waals surface area contributed by atoms with E-state index in [0.717, 1.165) is 16.6 Å². The van der Waals surface area contributed by atoms with Crippen LogP contribution < -0.4 is 5.73 Å². The lowest BCUT2D eigenvalue weighted by Gasteiger charge is -2.40. The summed E-state index contributed by atoms with van der Waals surface area (Å²) in [5.41, 5.74) is 11.3. The molecular formula is C17H24BrN. The van der Waals surface area contributed by atoms with Crippen LogP contribution in [0.25, 0.3) is 0 Å². The molecule has 1 unspecified atom stereocenters. The topological polar surface area (TPSA) is 26.0 Å². The monoisotopic (exact) mass is 321 g/mol. The van der Waals surface area contributed by atoms with E-state index in [4.69, 9.17) is 5.73 Å². The maximum atomic E-state index is 6.18.